The molecule has 1 atom stereocenters. The second-order valence-corrected chi connectivity index (χ2v) is 9.67. The molecule has 0 amide bonds. The van der Waals surface area contributed by atoms with Crippen LogP contribution in [0, 0.1) is 0 Å². The van der Waals surface area contributed by atoms with Crippen molar-refractivity contribution in [2.75, 3.05) is 0 Å². The molecule has 0 saturated heterocycles. The molecule has 1 rings (SSSR count). The molecule has 0 aliphatic rings. The van der Waals surface area contributed by atoms with Crippen molar-refractivity contribution in [1.82, 2.24) is 0 Å². The van der Waals surface area contributed by atoms with Crippen molar-refractivity contribution in [3.63, 3.8) is 0 Å². The molecule has 0 saturated carbocycles. The van der Waals surface area contributed by atoms with Crippen LogP contribution in [0.5, 0.6) is 0 Å². The van der Waals surface area contributed by atoms with Gasteiger partial charge < -0.3 is 0 Å². The Labute approximate surface area is 172 Å². The summed E-state index contributed by atoms with van der Waals surface area (Å²) in [5.41, 5.74) is -15.0. The van der Waals surface area contributed by atoms with Crippen molar-refractivity contribution in [2.45, 2.75) is 48.3 Å². The van der Waals surface area contributed by atoms with Gasteiger partial charge in [-0.15, -0.1) is 0 Å². The fourth-order valence-electron chi connectivity index (χ4n) is 2.84. The fraction of sp³-hybridized carbons (Fsp3) is 0.571. The van der Waals surface area contributed by atoms with Gasteiger partial charge in [0, 0.05) is 0 Å². The molecule has 0 radical (unpaired) electrons. The molecule has 0 bridgehead atoms. The molecule has 0 aromatic heterocycles. The van der Waals surface area contributed by atoms with E-state index in [-0.39, 0.29) is 12.1 Å². The Balaban J connectivity index is 4.16. The van der Waals surface area contributed by atoms with Crippen LogP contribution in [0.25, 0.3) is 0 Å². The molecular weight excluding hydrogens is 532 g/mol. The first kappa shape index (κ1) is 29.5. The normalized spacial score (nSPS) is 17.2. The average molecular weight is 540 g/mol. The summed E-state index contributed by atoms with van der Waals surface area (Å²) < 4.78 is 199. The quantitative estimate of drug-likeness (QED) is 0.376. The van der Waals surface area contributed by atoms with Crippen LogP contribution in [0.15, 0.2) is 30.3 Å². The molecule has 0 aliphatic heterocycles. The molecule has 1 aromatic rings. The van der Waals surface area contributed by atoms with Gasteiger partial charge >= 0.3 is 172 Å². The monoisotopic (exact) mass is 540 g/mol. The van der Waals surface area contributed by atoms with E-state index in [0.717, 1.165) is 6.07 Å². The zero-order chi connectivity index (χ0) is 26.5. The van der Waals surface area contributed by atoms with Gasteiger partial charge in [-0.3, -0.25) is 0 Å². The van der Waals surface area contributed by atoms with E-state index in [4.69, 9.17) is 0 Å². The van der Waals surface area contributed by atoms with E-state index in [0.29, 0.717) is 12.1 Å². The van der Waals surface area contributed by atoms with Crippen LogP contribution < -0.4 is 9.79 Å². The number of hydrogen-bond donors (Lipinski definition) is 0. The van der Waals surface area contributed by atoms with Crippen LogP contribution in [-0.2, 0) is 4.52 Å². The van der Waals surface area contributed by atoms with Crippen LogP contribution in [0.1, 0.15) is 11.7 Å². The summed E-state index contributed by atoms with van der Waals surface area (Å²) >= 11 is 0. The Bertz CT molecular complexity index is 743. The molecular formula is C14H8F15O3P-2. The minimum absolute atomic E-state index is 0.140. The van der Waals surface area contributed by atoms with Crippen LogP contribution in [0.3, 0.4) is 0 Å². The van der Waals surface area contributed by atoms with Crippen molar-refractivity contribution in [2.24, 2.45) is 0 Å². The summed E-state index contributed by atoms with van der Waals surface area (Å²) in [6.07, 6.45) is -41.0. The van der Waals surface area contributed by atoms with Gasteiger partial charge in [-0.05, 0) is 0 Å². The van der Waals surface area contributed by atoms with Crippen LogP contribution in [0.2, 0.25) is 0 Å². The molecule has 3 nitrogen and oxygen atoms in total. The molecule has 1 aromatic carbocycles. The van der Waals surface area contributed by atoms with Gasteiger partial charge in [-0.2, -0.15) is 0 Å². The second-order valence-electron chi connectivity index (χ2n) is 6.41. The number of hydrogen-bond acceptors (Lipinski definition) is 3. The Morgan fingerprint density at radius 3 is 1.09 bits per heavy atom. The molecule has 19 heteroatoms. The fourth-order valence-corrected chi connectivity index (χ4v) is 6.15. The van der Waals surface area contributed by atoms with E-state index in [2.05, 4.69) is 4.52 Å². The number of rotatable bonds is 5. The topological polar surface area (TPSA) is 55.3 Å². The average Bonchev–Trinajstić information content (AvgIpc) is 2.45. The van der Waals surface area contributed by atoms with Crippen molar-refractivity contribution in [1.29, 1.82) is 0 Å². The van der Waals surface area contributed by atoms with E-state index in [1.807, 2.05) is 0 Å². The predicted molar refractivity (Wildman–Crippen MR) is 75.0 cm³/mol. The summed E-state index contributed by atoms with van der Waals surface area (Å²) in [5, 5.41) is 0. The first-order valence-corrected chi connectivity index (χ1v) is 9.91. The first-order chi connectivity index (χ1) is 14.2. The van der Waals surface area contributed by atoms with Crippen molar-refractivity contribution >= 4 is 7.28 Å². The number of alkyl halides is 15. The molecule has 0 N–H and O–H groups in total. The third-order valence-corrected chi connectivity index (χ3v) is 7.54. The van der Waals surface area contributed by atoms with Gasteiger partial charge in [0.05, 0.1) is 0 Å². The molecule has 0 aliphatic carbocycles. The van der Waals surface area contributed by atoms with Gasteiger partial charge in [-0.1, -0.05) is 0 Å². The molecule has 0 heterocycles. The maximum atomic E-state index is 13.3. The molecule has 33 heavy (non-hydrogen) atoms. The molecule has 0 fully saturated rings. The van der Waals surface area contributed by atoms with E-state index >= 15 is 0 Å². The molecule has 1 unspecified atom stereocenters. The van der Waals surface area contributed by atoms with Crippen LogP contribution >= 0.6 is 7.28 Å². The van der Waals surface area contributed by atoms with Gasteiger partial charge in [0.25, 0.3) is 0 Å². The van der Waals surface area contributed by atoms with Crippen molar-refractivity contribution in [3.8, 4) is 0 Å². The van der Waals surface area contributed by atoms with E-state index in [9.17, 15) is 75.6 Å². The second kappa shape index (κ2) is 8.30. The van der Waals surface area contributed by atoms with Crippen LogP contribution in [0.4, 0.5) is 65.9 Å². The summed E-state index contributed by atoms with van der Waals surface area (Å²) in [6, 6.07) is 2.28. The van der Waals surface area contributed by atoms with Crippen molar-refractivity contribution in [3.05, 3.63) is 35.9 Å². The van der Waals surface area contributed by atoms with Crippen molar-refractivity contribution < 1.29 is 80.2 Å². The zero-order valence-electron chi connectivity index (χ0n) is 15.0. The maximum absolute atomic E-state index is 13.3. The SMILES string of the molecule is [O-]P([O-])(OC(c1ccccc1)C(F)(F)F)(C(C(F)(F)F)C(F)(F)F)C(C(F)(F)F)C(F)(F)F. The van der Waals surface area contributed by atoms with Gasteiger partial charge in [-0.25, -0.2) is 0 Å². The first-order valence-electron chi connectivity index (χ1n) is 7.78. The van der Waals surface area contributed by atoms with E-state index in [1.165, 1.54) is 0 Å². The Hall–Kier alpha value is -1.52. The Morgan fingerprint density at radius 1 is 0.545 bits per heavy atom. The molecule has 194 valence electrons. The summed E-state index contributed by atoms with van der Waals surface area (Å²) in [7, 11) is -10.6. The van der Waals surface area contributed by atoms with E-state index < -0.39 is 61.2 Å². The van der Waals surface area contributed by atoms with Gasteiger partial charge in [0.2, 0.25) is 0 Å². The van der Waals surface area contributed by atoms with Crippen LogP contribution in [-0.4, -0.2) is 42.2 Å². The standard InChI is InChI=1S/C14H8F15O3P/c15-10(16,17)7(6-4-2-1-3-5-6)32-33(30,31,8(11(18,19)20)12(21,22)23)9(13(24,25)26)14(27,28)29/h1-5,7-9H/q-2. The number of halogens is 15. The van der Waals surface area contributed by atoms with E-state index in [1.54, 1.807) is 0 Å². The van der Waals surface area contributed by atoms with Gasteiger partial charge in [0.1, 0.15) is 0 Å². The predicted octanol–water partition coefficient (Wildman–Crippen LogP) is 5.31. The molecule has 0 spiro atoms. The zero-order valence-corrected chi connectivity index (χ0v) is 15.9. The number of benzene rings is 1. The summed E-state index contributed by atoms with van der Waals surface area (Å²) in [4.78, 5) is 24.9. The third-order valence-electron chi connectivity index (χ3n) is 3.88. The van der Waals surface area contributed by atoms with Gasteiger partial charge in [0.15, 0.2) is 0 Å². The summed E-state index contributed by atoms with van der Waals surface area (Å²) in [5.74, 6) is 0. The third kappa shape index (κ3) is 6.33. The Morgan fingerprint density at radius 2 is 0.848 bits per heavy atom. The summed E-state index contributed by atoms with van der Waals surface area (Å²) in [6.45, 7) is 0. The minimum atomic E-state index is -10.6. The Kier molecular flexibility index (Phi) is 7.43.